The van der Waals surface area contributed by atoms with Crippen LogP contribution in [0.5, 0.6) is 0 Å². The van der Waals surface area contributed by atoms with E-state index in [1.54, 1.807) is 6.20 Å². The number of rotatable bonds is 1. The largest absolute Gasteiger partial charge is 0.442 e. The molecule has 0 aliphatic rings. The number of hydrogen-bond donors (Lipinski definition) is 0. The van der Waals surface area contributed by atoms with E-state index in [1.807, 2.05) is 39.0 Å². The Bertz CT molecular complexity index is 369. The van der Waals surface area contributed by atoms with Gasteiger partial charge in [-0.05, 0) is 19.1 Å². The highest BCUT2D eigenvalue weighted by Gasteiger charge is 2.01. The van der Waals surface area contributed by atoms with Crippen molar-refractivity contribution in [2.75, 3.05) is 0 Å². The van der Waals surface area contributed by atoms with Crippen LogP contribution in [0, 0.1) is 6.92 Å². The molecule has 0 saturated heterocycles. The van der Waals surface area contributed by atoms with E-state index in [9.17, 15) is 0 Å². The van der Waals surface area contributed by atoms with Gasteiger partial charge < -0.3 is 4.42 Å². The molecule has 74 valence electrons. The number of aryl methyl sites for hydroxylation is 1. The fourth-order valence-corrected chi connectivity index (χ4v) is 1.02. The van der Waals surface area contributed by atoms with Gasteiger partial charge in [-0.1, -0.05) is 19.9 Å². The smallest absolute Gasteiger partial charge is 0.181 e. The lowest BCUT2D eigenvalue weighted by atomic mass is 10.3. The SMILES string of the molecule is CC.Cc1cccc(-c2cnco2)n1. The summed E-state index contributed by atoms with van der Waals surface area (Å²) < 4.78 is 5.10. The van der Waals surface area contributed by atoms with Crippen molar-refractivity contribution in [3.8, 4) is 11.5 Å². The van der Waals surface area contributed by atoms with E-state index >= 15 is 0 Å². The van der Waals surface area contributed by atoms with E-state index in [-0.39, 0.29) is 0 Å². The molecule has 0 aliphatic carbocycles. The Morgan fingerprint density at radius 3 is 2.57 bits per heavy atom. The maximum atomic E-state index is 5.10. The molecule has 0 radical (unpaired) electrons. The zero-order valence-electron chi connectivity index (χ0n) is 8.69. The predicted octanol–water partition coefficient (Wildman–Crippen LogP) is 3.07. The standard InChI is InChI=1S/C9H8N2O.C2H6/c1-7-3-2-4-8(11-7)9-5-10-6-12-9;1-2/h2-6H,1H3;1-2H3. The first kappa shape index (κ1) is 10.4. The van der Waals surface area contributed by atoms with E-state index in [1.165, 1.54) is 6.39 Å². The molecule has 3 heteroatoms. The molecule has 2 aromatic heterocycles. The Labute approximate surface area is 83.8 Å². The minimum atomic E-state index is 0.707. The lowest BCUT2D eigenvalue weighted by Gasteiger charge is -1.95. The van der Waals surface area contributed by atoms with Crippen LogP contribution in [0.3, 0.4) is 0 Å². The van der Waals surface area contributed by atoms with Gasteiger partial charge in [0.25, 0.3) is 0 Å². The van der Waals surface area contributed by atoms with Gasteiger partial charge in [-0.25, -0.2) is 9.97 Å². The van der Waals surface area contributed by atoms with Gasteiger partial charge in [0.05, 0.1) is 6.20 Å². The summed E-state index contributed by atoms with van der Waals surface area (Å²) in [5.41, 5.74) is 1.80. The summed E-state index contributed by atoms with van der Waals surface area (Å²) >= 11 is 0. The third-order valence-corrected chi connectivity index (χ3v) is 1.57. The first-order valence-corrected chi connectivity index (χ1v) is 4.69. The lowest BCUT2D eigenvalue weighted by molar-refractivity contribution is 0.569. The van der Waals surface area contributed by atoms with Crippen LogP contribution in [-0.2, 0) is 0 Å². The third kappa shape index (κ3) is 2.42. The number of hydrogen-bond acceptors (Lipinski definition) is 3. The van der Waals surface area contributed by atoms with Crippen LogP contribution in [0.1, 0.15) is 19.5 Å². The van der Waals surface area contributed by atoms with Gasteiger partial charge in [-0.15, -0.1) is 0 Å². The Kier molecular flexibility index (Phi) is 3.85. The van der Waals surface area contributed by atoms with Gasteiger partial charge >= 0.3 is 0 Å². The van der Waals surface area contributed by atoms with Crippen LogP contribution in [0.25, 0.3) is 11.5 Å². The molecule has 0 aromatic carbocycles. The fourth-order valence-electron chi connectivity index (χ4n) is 1.02. The van der Waals surface area contributed by atoms with Gasteiger partial charge in [-0.3, -0.25) is 0 Å². The molecule has 0 unspecified atom stereocenters. The molecule has 0 atom stereocenters. The zero-order chi connectivity index (χ0) is 10.4. The first-order valence-electron chi connectivity index (χ1n) is 4.69. The van der Waals surface area contributed by atoms with Crippen molar-refractivity contribution in [1.29, 1.82) is 0 Å². The summed E-state index contributed by atoms with van der Waals surface area (Å²) in [6.07, 6.45) is 3.06. The number of aromatic nitrogens is 2. The van der Waals surface area contributed by atoms with Crippen molar-refractivity contribution in [3.05, 3.63) is 36.5 Å². The highest BCUT2D eigenvalue weighted by atomic mass is 16.3. The summed E-state index contributed by atoms with van der Waals surface area (Å²) in [6, 6.07) is 5.79. The van der Waals surface area contributed by atoms with Crippen LogP contribution in [0.4, 0.5) is 0 Å². The molecule has 0 aliphatic heterocycles. The minimum absolute atomic E-state index is 0.707. The third-order valence-electron chi connectivity index (χ3n) is 1.57. The molecule has 3 nitrogen and oxygen atoms in total. The summed E-state index contributed by atoms with van der Waals surface area (Å²) in [6.45, 7) is 5.94. The minimum Gasteiger partial charge on any atom is -0.442 e. The van der Waals surface area contributed by atoms with Crippen molar-refractivity contribution in [3.63, 3.8) is 0 Å². The van der Waals surface area contributed by atoms with Gasteiger partial charge in [-0.2, -0.15) is 0 Å². The maximum Gasteiger partial charge on any atom is 0.181 e. The fraction of sp³-hybridized carbons (Fsp3) is 0.273. The maximum absolute atomic E-state index is 5.10. The lowest BCUT2D eigenvalue weighted by Crippen LogP contribution is -1.83. The normalized spacial score (nSPS) is 9.07. The summed E-state index contributed by atoms with van der Waals surface area (Å²) in [7, 11) is 0. The van der Waals surface area contributed by atoms with Crippen LogP contribution >= 0.6 is 0 Å². The molecule has 2 aromatic rings. The molecule has 14 heavy (non-hydrogen) atoms. The molecular formula is C11H14N2O. The number of pyridine rings is 1. The van der Waals surface area contributed by atoms with Gasteiger partial charge in [0, 0.05) is 5.69 Å². The number of nitrogens with zero attached hydrogens (tertiary/aromatic N) is 2. The van der Waals surface area contributed by atoms with Crippen molar-refractivity contribution in [2.24, 2.45) is 0 Å². The summed E-state index contributed by atoms with van der Waals surface area (Å²) in [4.78, 5) is 8.10. The molecule has 2 heterocycles. The van der Waals surface area contributed by atoms with Gasteiger partial charge in [0.1, 0.15) is 5.69 Å². The van der Waals surface area contributed by atoms with E-state index in [4.69, 9.17) is 4.42 Å². The second-order valence-corrected chi connectivity index (χ2v) is 2.53. The summed E-state index contributed by atoms with van der Waals surface area (Å²) in [5.74, 6) is 0.707. The number of oxazole rings is 1. The van der Waals surface area contributed by atoms with E-state index in [2.05, 4.69) is 9.97 Å². The molecular weight excluding hydrogens is 176 g/mol. The van der Waals surface area contributed by atoms with Gasteiger partial charge in [0.2, 0.25) is 0 Å². The average Bonchev–Trinajstić information content (AvgIpc) is 2.74. The second-order valence-electron chi connectivity index (χ2n) is 2.53. The van der Waals surface area contributed by atoms with E-state index in [0.29, 0.717) is 5.76 Å². The topological polar surface area (TPSA) is 38.9 Å². The Balaban J connectivity index is 0.000000461. The highest BCUT2D eigenvalue weighted by molar-refractivity contribution is 5.50. The first-order chi connectivity index (χ1) is 6.86. The highest BCUT2D eigenvalue weighted by Crippen LogP contribution is 2.15. The molecule has 0 N–H and O–H groups in total. The van der Waals surface area contributed by atoms with Crippen molar-refractivity contribution >= 4 is 0 Å². The van der Waals surface area contributed by atoms with Crippen LogP contribution < -0.4 is 0 Å². The Hall–Kier alpha value is -1.64. The van der Waals surface area contributed by atoms with Crippen LogP contribution in [0.2, 0.25) is 0 Å². The van der Waals surface area contributed by atoms with E-state index < -0.39 is 0 Å². The molecule has 0 fully saturated rings. The Morgan fingerprint density at radius 1 is 1.21 bits per heavy atom. The quantitative estimate of drug-likeness (QED) is 0.693. The van der Waals surface area contributed by atoms with Gasteiger partial charge in [0.15, 0.2) is 12.2 Å². The molecule has 0 saturated carbocycles. The molecule has 0 bridgehead atoms. The van der Waals surface area contributed by atoms with Crippen molar-refractivity contribution < 1.29 is 4.42 Å². The molecule has 0 spiro atoms. The predicted molar refractivity (Wildman–Crippen MR) is 55.8 cm³/mol. The second kappa shape index (κ2) is 5.17. The van der Waals surface area contributed by atoms with Crippen molar-refractivity contribution in [2.45, 2.75) is 20.8 Å². The average molecular weight is 190 g/mol. The zero-order valence-corrected chi connectivity index (χ0v) is 8.69. The van der Waals surface area contributed by atoms with Crippen LogP contribution in [0.15, 0.2) is 35.2 Å². The molecule has 0 amide bonds. The monoisotopic (exact) mass is 190 g/mol. The Morgan fingerprint density at radius 2 is 2.00 bits per heavy atom. The van der Waals surface area contributed by atoms with Crippen molar-refractivity contribution in [1.82, 2.24) is 9.97 Å². The molecule has 2 rings (SSSR count). The van der Waals surface area contributed by atoms with Crippen LogP contribution in [-0.4, -0.2) is 9.97 Å². The summed E-state index contributed by atoms with van der Waals surface area (Å²) in [5, 5.41) is 0. The van der Waals surface area contributed by atoms with E-state index in [0.717, 1.165) is 11.4 Å².